The molecule has 5 heteroatoms. The van der Waals surface area contributed by atoms with Gasteiger partial charge in [0.25, 0.3) is 0 Å². The number of aliphatic hydroxyl groups excluding tert-OH is 4. The third kappa shape index (κ3) is 1.29. The van der Waals surface area contributed by atoms with E-state index < -0.39 is 30.6 Å². The molecule has 4 N–H and O–H groups in total. The molecule has 0 aromatic carbocycles. The molecule has 2 aliphatic rings. The predicted octanol–water partition coefficient (Wildman–Crippen LogP) is -2.36. The van der Waals surface area contributed by atoms with Crippen LogP contribution in [0.5, 0.6) is 0 Å². The maximum atomic E-state index is 9.48. The molecular weight excluding hydrogens is 174 g/mol. The summed E-state index contributed by atoms with van der Waals surface area (Å²) in [5.74, 6) is 0. The predicted molar refractivity (Wildman–Crippen MR) is 43.7 cm³/mol. The van der Waals surface area contributed by atoms with Gasteiger partial charge in [-0.05, 0) is 6.08 Å². The van der Waals surface area contributed by atoms with Crippen LogP contribution in [0.1, 0.15) is 0 Å². The fraction of sp³-hybridized carbons (Fsp3) is 0.750. The van der Waals surface area contributed by atoms with Crippen LogP contribution in [0, 0.1) is 0 Å². The fourth-order valence-corrected chi connectivity index (χ4v) is 1.99. The van der Waals surface area contributed by atoms with Crippen molar-refractivity contribution in [3.05, 3.63) is 12.2 Å². The van der Waals surface area contributed by atoms with Crippen LogP contribution in [-0.2, 0) is 0 Å². The first-order valence-electron chi connectivity index (χ1n) is 4.27. The van der Waals surface area contributed by atoms with Gasteiger partial charge in [0, 0.05) is 6.54 Å². The maximum absolute atomic E-state index is 9.48. The van der Waals surface area contributed by atoms with Crippen LogP contribution in [0.2, 0.25) is 0 Å². The first kappa shape index (κ1) is 9.11. The van der Waals surface area contributed by atoms with E-state index in [1.807, 2.05) is 0 Å². The van der Waals surface area contributed by atoms with Crippen molar-refractivity contribution in [2.75, 3.05) is 6.54 Å². The van der Waals surface area contributed by atoms with E-state index in [1.165, 1.54) is 17.1 Å². The summed E-state index contributed by atoms with van der Waals surface area (Å²) < 4.78 is 0. The number of hydrogen-bond donors (Lipinski definition) is 4. The van der Waals surface area contributed by atoms with Crippen molar-refractivity contribution in [1.82, 2.24) is 4.90 Å². The number of rotatable bonds is 0. The van der Waals surface area contributed by atoms with Crippen LogP contribution in [0.25, 0.3) is 0 Å². The third-order valence-corrected chi connectivity index (χ3v) is 2.70. The SMILES string of the molecule is OC1C=CC(O)N2CC(O)C(O)C12. The molecule has 5 unspecified atom stereocenters. The van der Waals surface area contributed by atoms with Gasteiger partial charge in [-0.1, -0.05) is 6.08 Å². The minimum absolute atomic E-state index is 0.189. The maximum Gasteiger partial charge on any atom is 0.127 e. The molecule has 5 nitrogen and oxygen atoms in total. The highest BCUT2D eigenvalue weighted by molar-refractivity contribution is 5.12. The molecule has 2 aliphatic heterocycles. The average molecular weight is 187 g/mol. The molecule has 13 heavy (non-hydrogen) atoms. The first-order valence-corrected chi connectivity index (χ1v) is 4.27. The van der Waals surface area contributed by atoms with Gasteiger partial charge in [-0.15, -0.1) is 0 Å². The van der Waals surface area contributed by atoms with E-state index in [9.17, 15) is 20.4 Å². The van der Waals surface area contributed by atoms with Crippen molar-refractivity contribution in [2.24, 2.45) is 0 Å². The van der Waals surface area contributed by atoms with Crippen molar-refractivity contribution in [3.8, 4) is 0 Å². The highest BCUT2D eigenvalue weighted by Gasteiger charge is 2.46. The molecule has 0 amide bonds. The van der Waals surface area contributed by atoms with E-state index in [0.29, 0.717) is 0 Å². The first-order chi connectivity index (χ1) is 6.11. The fourth-order valence-electron chi connectivity index (χ4n) is 1.99. The molecule has 74 valence electrons. The molecular formula is C8H13NO4. The molecule has 0 aliphatic carbocycles. The molecule has 0 radical (unpaired) electrons. The molecule has 1 saturated heterocycles. The van der Waals surface area contributed by atoms with E-state index >= 15 is 0 Å². The van der Waals surface area contributed by atoms with Gasteiger partial charge in [0.1, 0.15) is 6.23 Å². The summed E-state index contributed by atoms with van der Waals surface area (Å²) in [6.45, 7) is 0.189. The summed E-state index contributed by atoms with van der Waals surface area (Å²) in [6, 6.07) is -0.588. The van der Waals surface area contributed by atoms with Gasteiger partial charge in [-0.3, -0.25) is 4.90 Å². The van der Waals surface area contributed by atoms with Crippen molar-refractivity contribution in [1.29, 1.82) is 0 Å². The zero-order chi connectivity index (χ0) is 9.59. The summed E-state index contributed by atoms with van der Waals surface area (Å²) in [6.07, 6.45) is -0.640. The van der Waals surface area contributed by atoms with E-state index in [4.69, 9.17) is 0 Å². The second kappa shape index (κ2) is 3.04. The summed E-state index contributed by atoms with van der Waals surface area (Å²) in [7, 11) is 0. The largest absolute Gasteiger partial charge is 0.389 e. The molecule has 0 aromatic rings. The molecule has 0 saturated carbocycles. The highest BCUT2D eigenvalue weighted by atomic mass is 16.3. The van der Waals surface area contributed by atoms with Gasteiger partial charge in [-0.2, -0.15) is 0 Å². The van der Waals surface area contributed by atoms with Crippen LogP contribution in [0.3, 0.4) is 0 Å². The minimum Gasteiger partial charge on any atom is -0.389 e. The Morgan fingerprint density at radius 3 is 2.38 bits per heavy atom. The van der Waals surface area contributed by atoms with E-state index in [-0.39, 0.29) is 6.54 Å². The van der Waals surface area contributed by atoms with Gasteiger partial charge >= 0.3 is 0 Å². The van der Waals surface area contributed by atoms with Gasteiger partial charge in [0.2, 0.25) is 0 Å². The Hall–Kier alpha value is -0.460. The Morgan fingerprint density at radius 2 is 1.77 bits per heavy atom. The molecule has 1 fully saturated rings. The van der Waals surface area contributed by atoms with E-state index in [1.54, 1.807) is 0 Å². The lowest BCUT2D eigenvalue weighted by atomic mass is 10.0. The summed E-state index contributed by atoms with van der Waals surface area (Å²) in [5.41, 5.74) is 0. The van der Waals surface area contributed by atoms with Crippen molar-refractivity contribution < 1.29 is 20.4 Å². The summed E-state index contributed by atoms with van der Waals surface area (Å²) >= 11 is 0. The third-order valence-electron chi connectivity index (χ3n) is 2.70. The minimum atomic E-state index is -0.991. The number of nitrogens with zero attached hydrogens (tertiary/aromatic N) is 1. The zero-order valence-electron chi connectivity index (χ0n) is 6.98. The molecule has 2 rings (SSSR count). The Kier molecular flexibility index (Phi) is 2.13. The number of aliphatic hydroxyl groups is 4. The van der Waals surface area contributed by atoms with Gasteiger partial charge < -0.3 is 20.4 Å². The molecule has 0 aromatic heterocycles. The van der Waals surface area contributed by atoms with Crippen LogP contribution < -0.4 is 0 Å². The zero-order valence-corrected chi connectivity index (χ0v) is 6.98. The molecule has 0 bridgehead atoms. The quantitative estimate of drug-likeness (QED) is 0.319. The summed E-state index contributed by atoms with van der Waals surface area (Å²) in [4.78, 5) is 1.49. The Morgan fingerprint density at radius 1 is 1.08 bits per heavy atom. The summed E-state index contributed by atoms with van der Waals surface area (Å²) in [5, 5.41) is 37.7. The lowest BCUT2D eigenvalue weighted by Crippen LogP contribution is -2.50. The van der Waals surface area contributed by atoms with Crippen LogP contribution in [0.15, 0.2) is 12.2 Å². The van der Waals surface area contributed by atoms with E-state index in [2.05, 4.69) is 0 Å². The van der Waals surface area contributed by atoms with Crippen LogP contribution >= 0.6 is 0 Å². The number of hydrogen-bond acceptors (Lipinski definition) is 5. The monoisotopic (exact) mass is 187 g/mol. The van der Waals surface area contributed by atoms with E-state index in [0.717, 1.165) is 0 Å². The van der Waals surface area contributed by atoms with Gasteiger partial charge in [0.15, 0.2) is 0 Å². The van der Waals surface area contributed by atoms with Crippen molar-refractivity contribution in [2.45, 2.75) is 30.6 Å². The van der Waals surface area contributed by atoms with Gasteiger partial charge in [0.05, 0.1) is 24.4 Å². The van der Waals surface area contributed by atoms with Crippen molar-refractivity contribution >= 4 is 0 Å². The normalized spacial score (nSPS) is 50.9. The molecule has 2 heterocycles. The van der Waals surface area contributed by atoms with Crippen LogP contribution in [-0.4, -0.2) is 62.5 Å². The highest BCUT2D eigenvalue weighted by Crippen LogP contribution is 2.27. The average Bonchev–Trinajstić information content (AvgIpc) is 2.38. The smallest absolute Gasteiger partial charge is 0.127 e. The lowest BCUT2D eigenvalue weighted by Gasteiger charge is -2.34. The molecule has 0 spiro atoms. The Balaban J connectivity index is 2.24. The lowest BCUT2D eigenvalue weighted by molar-refractivity contribution is -0.0451. The second-order valence-electron chi connectivity index (χ2n) is 3.53. The second-order valence-corrected chi connectivity index (χ2v) is 3.53. The Labute approximate surface area is 75.5 Å². The van der Waals surface area contributed by atoms with Gasteiger partial charge in [-0.25, -0.2) is 0 Å². The van der Waals surface area contributed by atoms with Crippen molar-refractivity contribution in [3.63, 3.8) is 0 Å². The number of fused-ring (bicyclic) bond motifs is 1. The topological polar surface area (TPSA) is 84.2 Å². The molecule has 5 atom stereocenters. The van der Waals surface area contributed by atoms with Crippen LogP contribution in [0.4, 0.5) is 0 Å². The standard InChI is InChI=1S/C8H13NO4/c10-4-1-2-6(12)9-3-5(11)8(13)7(4)9/h1-2,4-8,10-13H,3H2. The Bertz CT molecular complexity index is 232.